The van der Waals surface area contributed by atoms with Gasteiger partial charge in [0.1, 0.15) is 12.9 Å². The molecule has 9 nitrogen and oxygen atoms in total. The van der Waals surface area contributed by atoms with E-state index in [0.717, 1.165) is 5.56 Å². The maximum atomic E-state index is 12.7. The molecular weight excluding hydrogens is 382 g/mol. The predicted octanol–water partition coefficient (Wildman–Crippen LogP) is 2.41. The van der Waals surface area contributed by atoms with Crippen LogP contribution in [0.3, 0.4) is 0 Å². The van der Waals surface area contributed by atoms with E-state index in [2.05, 4.69) is 51.1 Å². The van der Waals surface area contributed by atoms with Gasteiger partial charge in [-0.2, -0.15) is 4.98 Å². The molecule has 4 heterocycles. The van der Waals surface area contributed by atoms with E-state index in [-0.39, 0.29) is 18.0 Å². The first-order chi connectivity index (χ1) is 14.5. The molecule has 0 saturated heterocycles. The molecule has 1 fully saturated rings. The second kappa shape index (κ2) is 7.01. The lowest BCUT2D eigenvalue weighted by Crippen LogP contribution is -2.22. The summed E-state index contributed by atoms with van der Waals surface area (Å²) in [7, 11) is 1.77. The third kappa shape index (κ3) is 3.12. The minimum absolute atomic E-state index is 0.177. The Morgan fingerprint density at radius 1 is 1.30 bits per heavy atom. The van der Waals surface area contributed by atoms with Crippen LogP contribution in [0.5, 0.6) is 0 Å². The normalized spacial score (nSPS) is 21.3. The van der Waals surface area contributed by atoms with Crippen molar-refractivity contribution < 1.29 is 4.52 Å². The third-order valence-electron chi connectivity index (χ3n) is 5.79. The van der Waals surface area contributed by atoms with Gasteiger partial charge in [-0.05, 0) is 36.0 Å². The van der Waals surface area contributed by atoms with E-state index in [1.54, 1.807) is 24.1 Å². The SMILES string of the molecule is C/C(=C\[C@@H]1[C@H](C)[C@H]1c1noc(Cn2cnc3ncn(C)c3c2=O)n1)c1cccnc1. The highest BCUT2D eigenvalue weighted by Gasteiger charge is 2.49. The van der Waals surface area contributed by atoms with Gasteiger partial charge >= 0.3 is 0 Å². The van der Waals surface area contributed by atoms with Crippen molar-refractivity contribution in [1.82, 2.24) is 34.2 Å². The van der Waals surface area contributed by atoms with Crippen LogP contribution in [-0.2, 0) is 13.6 Å². The average molecular weight is 403 g/mol. The summed E-state index contributed by atoms with van der Waals surface area (Å²) in [6.07, 6.45) is 8.93. The van der Waals surface area contributed by atoms with Crippen LogP contribution in [0, 0.1) is 11.8 Å². The Labute approximate surface area is 172 Å². The summed E-state index contributed by atoms with van der Waals surface area (Å²) in [5.74, 6) is 2.06. The van der Waals surface area contributed by atoms with Crippen LogP contribution >= 0.6 is 0 Å². The number of fused-ring (bicyclic) bond motifs is 1. The Kier molecular flexibility index (Phi) is 4.30. The van der Waals surface area contributed by atoms with Crippen LogP contribution in [0.25, 0.3) is 16.7 Å². The number of allylic oxidation sites excluding steroid dienone is 2. The zero-order valence-corrected chi connectivity index (χ0v) is 16.9. The standard InChI is InChI=1S/C21H21N7O2/c1-12(14-5-4-6-22-8-14)7-15-13(2)17(15)19-25-16(30-26-19)9-28-11-24-20-18(21(28)29)27(3)10-23-20/h4-8,10-11,13,15,17H,9H2,1-3H3/b12-7+/t13-,15+,17+/m0/s1. The molecule has 4 aromatic heterocycles. The molecule has 9 heteroatoms. The molecule has 1 aliphatic carbocycles. The fourth-order valence-corrected chi connectivity index (χ4v) is 3.94. The van der Waals surface area contributed by atoms with Gasteiger partial charge in [0.25, 0.3) is 5.56 Å². The summed E-state index contributed by atoms with van der Waals surface area (Å²) >= 11 is 0. The summed E-state index contributed by atoms with van der Waals surface area (Å²) < 4.78 is 8.55. The highest BCUT2D eigenvalue weighted by atomic mass is 16.5. The molecule has 30 heavy (non-hydrogen) atoms. The minimum atomic E-state index is -0.188. The van der Waals surface area contributed by atoms with Crippen LogP contribution in [0.15, 0.2) is 52.6 Å². The Balaban J connectivity index is 1.35. The van der Waals surface area contributed by atoms with Crippen molar-refractivity contribution in [2.45, 2.75) is 26.3 Å². The molecule has 0 unspecified atom stereocenters. The van der Waals surface area contributed by atoms with Gasteiger partial charge < -0.3 is 9.09 Å². The first kappa shape index (κ1) is 18.4. The predicted molar refractivity (Wildman–Crippen MR) is 109 cm³/mol. The largest absolute Gasteiger partial charge is 0.337 e. The lowest BCUT2D eigenvalue weighted by atomic mass is 10.1. The van der Waals surface area contributed by atoms with E-state index < -0.39 is 0 Å². The van der Waals surface area contributed by atoms with Crippen molar-refractivity contribution >= 4 is 16.7 Å². The van der Waals surface area contributed by atoms with Gasteiger partial charge in [0.05, 0.1) is 6.33 Å². The molecule has 1 aliphatic rings. The Bertz CT molecular complexity index is 1300. The number of rotatable bonds is 5. The summed E-state index contributed by atoms with van der Waals surface area (Å²) in [4.78, 5) is 29.7. The molecule has 0 amide bonds. The van der Waals surface area contributed by atoms with Gasteiger partial charge in [-0.3, -0.25) is 14.3 Å². The zero-order chi connectivity index (χ0) is 20.8. The summed E-state index contributed by atoms with van der Waals surface area (Å²) in [5, 5.41) is 4.17. The lowest BCUT2D eigenvalue weighted by Gasteiger charge is -2.01. The van der Waals surface area contributed by atoms with Crippen molar-refractivity contribution in [2.24, 2.45) is 18.9 Å². The van der Waals surface area contributed by atoms with Crippen molar-refractivity contribution in [3.8, 4) is 0 Å². The molecule has 0 bridgehead atoms. The van der Waals surface area contributed by atoms with Crippen molar-refractivity contribution in [3.05, 3.63) is 70.9 Å². The van der Waals surface area contributed by atoms with E-state index in [1.807, 2.05) is 12.3 Å². The minimum Gasteiger partial charge on any atom is -0.337 e. The maximum Gasteiger partial charge on any atom is 0.280 e. The van der Waals surface area contributed by atoms with Crippen molar-refractivity contribution in [1.29, 1.82) is 0 Å². The summed E-state index contributed by atoms with van der Waals surface area (Å²) in [6, 6.07) is 3.99. The van der Waals surface area contributed by atoms with Crippen molar-refractivity contribution in [3.63, 3.8) is 0 Å². The smallest absolute Gasteiger partial charge is 0.280 e. The van der Waals surface area contributed by atoms with E-state index in [0.29, 0.717) is 34.7 Å². The van der Waals surface area contributed by atoms with Crippen molar-refractivity contribution in [2.75, 3.05) is 0 Å². The fraction of sp³-hybridized carbons (Fsp3) is 0.333. The van der Waals surface area contributed by atoms with Gasteiger partial charge in [0, 0.05) is 25.4 Å². The number of imidazole rings is 1. The maximum absolute atomic E-state index is 12.7. The third-order valence-corrected chi connectivity index (χ3v) is 5.79. The van der Waals surface area contributed by atoms with Gasteiger partial charge in [-0.15, -0.1) is 0 Å². The molecule has 4 aromatic rings. The van der Waals surface area contributed by atoms with Crippen LogP contribution in [0.1, 0.15) is 37.0 Å². The Morgan fingerprint density at radius 2 is 2.13 bits per heavy atom. The van der Waals surface area contributed by atoms with Crippen LogP contribution < -0.4 is 5.56 Å². The first-order valence-electron chi connectivity index (χ1n) is 9.80. The average Bonchev–Trinajstić information content (AvgIpc) is 3.09. The quantitative estimate of drug-likeness (QED) is 0.504. The summed E-state index contributed by atoms with van der Waals surface area (Å²) in [5.41, 5.74) is 2.99. The van der Waals surface area contributed by atoms with E-state index in [9.17, 15) is 4.79 Å². The second-order valence-corrected chi connectivity index (χ2v) is 7.81. The number of hydrogen-bond donors (Lipinski definition) is 0. The molecule has 0 radical (unpaired) electrons. The molecule has 0 aromatic carbocycles. The highest BCUT2D eigenvalue weighted by molar-refractivity contribution is 5.68. The zero-order valence-electron chi connectivity index (χ0n) is 16.9. The first-order valence-corrected chi connectivity index (χ1v) is 9.80. The number of hydrogen-bond acceptors (Lipinski definition) is 7. The molecular formula is C21H21N7O2. The van der Waals surface area contributed by atoms with Gasteiger partial charge in [-0.25, -0.2) is 9.97 Å². The van der Waals surface area contributed by atoms with E-state index in [4.69, 9.17) is 4.52 Å². The monoisotopic (exact) mass is 403 g/mol. The molecule has 0 N–H and O–H groups in total. The Morgan fingerprint density at radius 3 is 2.93 bits per heavy atom. The van der Waals surface area contributed by atoms with Gasteiger partial charge in [0.15, 0.2) is 17.0 Å². The fourth-order valence-electron chi connectivity index (χ4n) is 3.94. The van der Waals surface area contributed by atoms with E-state index >= 15 is 0 Å². The molecule has 152 valence electrons. The Hall–Kier alpha value is -3.62. The van der Waals surface area contributed by atoms with Crippen LogP contribution in [0.4, 0.5) is 0 Å². The lowest BCUT2D eigenvalue weighted by molar-refractivity contribution is 0.364. The van der Waals surface area contributed by atoms with Gasteiger partial charge in [-0.1, -0.05) is 24.2 Å². The number of aryl methyl sites for hydroxylation is 1. The van der Waals surface area contributed by atoms with E-state index in [1.165, 1.54) is 16.5 Å². The molecule has 1 saturated carbocycles. The molecule has 0 aliphatic heterocycles. The molecule has 3 atom stereocenters. The number of nitrogens with zero attached hydrogens (tertiary/aromatic N) is 7. The summed E-state index contributed by atoms with van der Waals surface area (Å²) in [6.45, 7) is 4.45. The molecule has 0 spiro atoms. The van der Waals surface area contributed by atoms with Crippen LogP contribution in [0.2, 0.25) is 0 Å². The second-order valence-electron chi connectivity index (χ2n) is 7.81. The van der Waals surface area contributed by atoms with Gasteiger partial charge in [0.2, 0.25) is 5.89 Å². The molecule has 5 rings (SSSR count). The number of pyridine rings is 1. The van der Waals surface area contributed by atoms with Crippen LogP contribution in [-0.4, -0.2) is 34.2 Å². The highest BCUT2D eigenvalue weighted by Crippen LogP contribution is 2.54. The number of aromatic nitrogens is 7. The topological polar surface area (TPSA) is 105 Å².